The van der Waals surface area contributed by atoms with E-state index >= 15 is 0 Å². The van der Waals surface area contributed by atoms with E-state index in [0.29, 0.717) is 11.4 Å². The molecule has 0 spiro atoms. The first-order chi connectivity index (χ1) is 12.1. The van der Waals surface area contributed by atoms with Crippen LogP contribution in [0.15, 0.2) is 64.2 Å². The van der Waals surface area contributed by atoms with Gasteiger partial charge >= 0.3 is 0 Å². The fourth-order valence-corrected chi connectivity index (χ4v) is 6.06. The number of fused-ring (bicyclic) bond motifs is 1. The Morgan fingerprint density at radius 1 is 1.00 bits per heavy atom. The minimum atomic E-state index is -3.55. The Kier molecular flexibility index (Phi) is 4.40. The van der Waals surface area contributed by atoms with Crippen molar-refractivity contribution in [1.29, 1.82) is 0 Å². The molecule has 1 fully saturated rings. The van der Waals surface area contributed by atoms with Crippen molar-refractivity contribution in [3.63, 3.8) is 0 Å². The maximum atomic E-state index is 13.0. The third kappa shape index (κ3) is 3.12. The maximum absolute atomic E-state index is 13.0. The average molecular weight is 372 g/mol. The molecule has 0 bridgehead atoms. The molecule has 5 heteroatoms. The minimum absolute atomic E-state index is 0.0579. The standard InChI is InChI=1S/C20H21NO2S2/c22-25(23,19-9-5-7-16-6-1-2-8-18(16)19)21-15-20(11-3-4-12-20)17-10-13-24-14-17/h1-2,5-10,13-14,21H,3-4,11-12,15H2. The topological polar surface area (TPSA) is 46.2 Å². The average Bonchev–Trinajstić information content (AvgIpc) is 3.32. The van der Waals surface area contributed by atoms with Gasteiger partial charge in [0.1, 0.15) is 0 Å². The minimum Gasteiger partial charge on any atom is -0.210 e. The summed E-state index contributed by atoms with van der Waals surface area (Å²) in [5.41, 5.74) is 1.22. The van der Waals surface area contributed by atoms with E-state index in [1.807, 2.05) is 30.3 Å². The first kappa shape index (κ1) is 16.8. The van der Waals surface area contributed by atoms with Crippen LogP contribution in [-0.2, 0) is 15.4 Å². The molecule has 1 aromatic heterocycles. The van der Waals surface area contributed by atoms with Gasteiger partial charge in [-0.2, -0.15) is 11.3 Å². The van der Waals surface area contributed by atoms with Gasteiger partial charge in [0.2, 0.25) is 10.0 Å². The lowest BCUT2D eigenvalue weighted by Gasteiger charge is -2.28. The maximum Gasteiger partial charge on any atom is 0.241 e. The highest BCUT2D eigenvalue weighted by Crippen LogP contribution is 2.41. The second kappa shape index (κ2) is 6.56. The molecule has 4 rings (SSSR count). The lowest BCUT2D eigenvalue weighted by molar-refractivity contribution is 0.433. The molecule has 1 N–H and O–H groups in total. The molecule has 1 aliphatic carbocycles. The van der Waals surface area contributed by atoms with Crippen LogP contribution in [0.1, 0.15) is 31.2 Å². The Hall–Kier alpha value is -1.69. The number of nitrogens with one attached hydrogen (secondary N) is 1. The van der Waals surface area contributed by atoms with Crippen LogP contribution < -0.4 is 4.72 Å². The van der Waals surface area contributed by atoms with E-state index in [0.717, 1.165) is 36.5 Å². The van der Waals surface area contributed by atoms with E-state index < -0.39 is 10.0 Å². The Balaban J connectivity index is 1.65. The molecular weight excluding hydrogens is 350 g/mol. The first-order valence-electron chi connectivity index (χ1n) is 8.61. The highest BCUT2D eigenvalue weighted by Gasteiger charge is 2.37. The van der Waals surface area contributed by atoms with Gasteiger partial charge in [-0.1, -0.05) is 49.2 Å². The molecule has 25 heavy (non-hydrogen) atoms. The molecule has 0 atom stereocenters. The summed E-state index contributed by atoms with van der Waals surface area (Å²) in [5, 5.41) is 5.96. The van der Waals surface area contributed by atoms with Crippen molar-refractivity contribution >= 4 is 32.1 Å². The van der Waals surface area contributed by atoms with Crippen molar-refractivity contribution in [3.8, 4) is 0 Å². The molecule has 2 aromatic carbocycles. The fraction of sp³-hybridized carbons (Fsp3) is 0.300. The number of benzene rings is 2. The Bertz CT molecular complexity index is 967. The third-order valence-electron chi connectivity index (χ3n) is 5.33. The summed E-state index contributed by atoms with van der Waals surface area (Å²) >= 11 is 1.68. The Morgan fingerprint density at radius 2 is 1.76 bits per heavy atom. The third-order valence-corrected chi connectivity index (χ3v) is 7.48. The summed E-state index contributed by atoms with van der Waals surface area (Å²) in [7, 11) is -3.55. The molecular formula is C20H21NO2S2. The van der Waals surface area contributed by atoms with Crippen LogP contribution >= 0.6 is 11.3 Å². The number of hydrogen-bond acceptors (Lipinski definition) is 3. The highest BCUT2D eigenvalue weighted by atomic mass is 32.2. The van der Waals surface area contributed by atoms with Crippen molar-refractivity contribution in [3.05, 3.63) is 64.9 Å². The second-order valence-corrected chi connectivity index (χ2v) is 9.32. The van der Waals surface area contributed by atoms with Gasteiger partial charge in [0.05, 0.1) is 4.90 Å². The van der Waals surface area contributed by atoms with E-state index in [2.05, 4.69) is 21.5 Å². The van der Waals surface area contributed by atoms with Gasteiger partial charge < -0.3 is 0 Å². The van der Waals surface area contributed by atoms with Crippen LogP contribution in [0.3, 0.4) is 0 Å². The number of hydrogen-bond donors (Lipinski definition) is 1. The van der Waals surface area contributed by atoms with Gasteiger partial charge in [0, 0.05) is 17.3 Å². The normalized spacial score (nSPS) is 17.1. The van der Waals surface area contributed by atoms with Crippen LogP contribution in [0.4, 0.5) is 0 Å². The van der Waals surface area contributed by atoms with E-state index in [-0.39, 0.29) is 5.41 Å². The SMILES string of the molecule is O=S(=O)(NCC1(c2ccsc2)CCCC1)c1cccc2ccccc12. The van der Waals surface area contributed by atoms with Gasteiger partial charge in [-0.05, 0) is 46.7 Å². The summed E-state index contributed by atoms with van der Waals surface area (Å²) in [6, 6.07) is 15.2. The van der Waals surface area contributed by atoms with Crippen LogP contribution in [0.5, 0.6) is 0 Å². The van der Waals surface area contributed by atoms with Crippen molar-refractivity contribution < 1.29 is 8.42 Å². The molecule has 3 nitrogen and oxygen atoms in total. The van der Waals surface area contributed by atoms with E-state index in [1.165, 1.54) is 5.56 Å². The van der Waals surface area contributed by atoms with Gasteiger partial charge in [-0.25, -0.2) is 13.1 Å². The predicted molar refractivity (Wildman–Crippen MR) is 104 cm³/mol. The molecule has 0 aliphatic heterocycles. The zero-order valence-electron chi connectivity index (χ0n) is 13.9. The molecule has 0 radical (unpaired) electrons. The molecule has 1 saturated carbocycles. The molecule has 0 amide bonds. The van der Waals surface area contributed by atoms with Gasteiger partial charge in [0.25, 0.3) is 0 Å². The molecule has 0 saturated heterocycles. The molecule has 1 aliphatic rings. The van der Waals surface area contributed by atoms with Gasteiger partial charge in [-0.3, -0.25) is 0 Å². The molecule has 0 unspecified atom stereocenters. The number of thiophene rings is 1. The summed E-state index contributed by atoms with van der Waals surface area (Å²) in [6.45, 7) is 0.468. The van der Waals surface area contributed by atoms with Crippen molar-refractivity contribution in [2.24, 2.45) is 0 Å². The predicted octanol–water partition coefficient (Wildman–Crippen LogP) is 4.69. The van der Waals surface area contributed by atoms with Gasteiger partial charge in [-0.15, -0.1) is 0 Å². The zero-order valence-corrected chi connectivity index (χ0v) is 15.6. The van der Waals surface area contributed by atoms with Crippen molar-refractivity contribution in [2.45, 2.75) is 36.0 Å². The molecule has 1 heterocycles. The summed E-state index contributed by atoms with van der Waals surface area (Å²) < 4.78 is 28.9. The lowest BCUT2D eigenvalue weighted by Crippen LogP contribution is -2.38. The smallest absolute Gasteiger partial charge is 0.210 e. The molecule has 130 valence electrons. The summed E-state index contributed by atoms with van der Waals surface area (Å²) in [5.74, 6) is 0. The quantitative estimate of drug-likeness (QED) is 0.707. The monoisotopic (exact) mass is 371 g/mol. The van der Waals surface area contributed by atoms with Crippen LogP contribution in [0, 0.1) is 0 Å². The van der Waals surface area contributed by atoms with E-state index in [1.54, 1.807) is 23.5 Å². The van der Waals surface area contributed by atoms with Crippen molar-refractivity contribution in [2.75, 3.05) is 6.54 Å². The van der Waals surface area contributed by atoms with E-state index in [4.69, 9.17) is 0 Å². The lowest BCUT2D eigenvalue weighted by atomic mass is 9.81. The summed E-state index contributed by atoms with van der Waals surface area (Å²) in [6.07, 6.45) is 4.40. The summed E-state index contributed by atoms with van der Waals surface area (Å²) in [4.78, 5) is 0.365. The van der Waals surface area contributed by atoms with Crippen molar-refractivity contribution in [1.82, 2.24) is 4.72 Å². The first-order valence-corrected chi connectivity index (χ1v) is 11.0. The Labute approximate surface area is 152 Å². The van der Waals surface area contributed by atoms with E-state index in [9.17, 15) is 8.42 Å². The fourth-order valence-electron chi connectivity index (χ4n) is 3.93. The van der Waals surface area contributed by atoms with Crippen LogP contribution in [-0.4, -0.2) is 15.0 Å². The Morgan fingerprint density at radius 3 is 2.52 bits per heavy atom. The zero-order chi connectivity index (χ0) is 17.3. The molecule has 3 aromatic rings. The number of sulfonamides is 1. The highest BCUT2D eigenvalue weighted by molar-refractivity contribution is 7.89. The number of rotatable bonds is 5. The van der Waals surface area contributed by atoms with Gasteiger partial charge in [0.15, 0.2) is 0 Å². The van der Waals surface area contributed by atoms with Crippen LogP contribution in [0.2, 0.25) is 0 Å². The largest absolute Gasteiger partial charge is 0.241 e. The second-order valence-electron chi connectivity index (χ2n) is 6.80. The van der Waals surface area contributed by atoms with Crippen LogP contribution in [0.25, 0.3) is 10.8 Å².